The highest BCUT2D eigenvalue weighted by atomic mass is 35.5. The van der Waals surface area contributed by atoms with Gasteiger partial charge in [-0.25, -0.2) is 9.18 Å². The van der Waals surface area contributed by atoms with Crippen molar-refractivity contribution in [3.05, 3.63) is 75.2 Å². The summed E-state index contributed by atoms with van der Waals surface area (Å²) in [6, 6.07) is 12.9. The van der Waals surface area contributed by atoms with Crippen LogP contribution in [0.5, 0.6) is 11.5 Å². The predicted octanol–water partition coefficient (Wildman–Crippen LogP) is 5.37. The number of carbonyl (C=O) groups excluding carboxylic acids is 2. The average Bonchev–Trinajstić information content (AvgIpc) is 3.57. The number of amides is 3. The molecule has 0 unspecified atom stereocenters. The first-order valence-electron chi connectivity index (χ1n) is 11.6. The molecule has 3 aromatic rings. The van der Waals surface area contributed by atoms with Crippen molar-refractivity contribution in [2.75, 3.05) is 38.9 Å². The fourth-order valence-corrected chi connectivity index (χ4v) is 4.67. The lowest BCUT2D eigenvalue weighted by molar-refractivity contribution is -0.133. The molecule has 1 aliphatic heterocycles. The minimum absolute atomic E-state index is 0.106. The standard InChI is InChI=1S/C26H27ClFN3O5S/c1-34-10-3-9-30(26(33)29-19-6-7-22(28)21(27)13-19)16-25(32)31(15-20-4-2-11-37-20)14-18-5-8-23-24(12-18)36-17-35-23/h2,4-8,11-13H,3,9-10,14-17H2,1H3,(H,29,33). The molecule has 196 valence electrons. The molecular weight excluding hydrogens is 521 g/mol. The first kappa shape index (κ1) is 26.7. The molecule has 1 N–H and O–H groups in total. The maximum Gasteiger partial charge on any atom is 0.322 e. The van der Waals surface area contributed by atoms with Crippen LogP contribution in [-0.2, 0) is 22.6 Å². The van der Waals surface area contributed by atoms with Crippen molar-refractivity contribution >= 4 is 40.6 Å². The van der Waals surface area contributed by atoms with Gasteiger partial charge in [-0.1, -0.05) is 23.7 Å². The topological polar surface area (TPSA) is 80.3 Å². The van der Waals surface area contributed by atoms with E-state index >= 15 is 0 Å². The fraction of sp³-hybridized carbons (Fsp3) is 0.308. The van der Waals surface area contributed by atoms with Gasteiger partial charge in [0, 0.05) is 37.4 Å². The lowest BCUT2D eigenvalue weighted by atomic mass is 10.2. The first-order valence-corrected chi connectivity index (χ1v) is 12.9. The van der Waals surface area contributed by atoms with Gasteiger partial charge in [-0.15, -0.1) is 11.3 Å². The molecule has 3 amide bonds. The summed E-state index contributed by atoms with van der Waals surface area (Å²) in [7, 11) is 1.57. The molecule has 0 aliphatic carbocycles. The Morgan fingerprint density at radius 2 is 1.95 bits per heavy atom. The minimum atomic E-state index is -0.584. The maximum atomic E-state index is 13.6. The Kier molecular flexibility index (Phi) is 9.21. The molecule has 4 rings (SSSR count). The summed E-state index contributed by atoms with van der Waals surface area (Å²) in [6.07, 6.45) is 0.536. The summed E-state index contributed by atoms with van der Waals surface area (Å²) in [5, 5.41) is 4.55. The molecule has 0 saturated carbocycles. The monoisotopic (exact) mass is 547 g/mol. The Labute approximate surface area is 223 Å². The van der Waals surface area contributed by atoms with E-state index in [9.17, 15) is 14.0 Å². The van der Waals surface area contributed by atoms with Gasteiger partial charge in [0.05, 0.1) is 11.6 Å². The number of urea groups is 1. The van der Waals surface area contributed by atoms with Crippen molar-refractivity contribution in [1.82, 2.24) is 9.80 Å². The number of benzene rings is 2. The number of carbonyl (C=O) groups is 2. The van der Waals surface area contributed by atoms with Gasteiger partial charge in [0.1, 0.15) is 12.4 Å². The second-order valence-corrected chi connectivity index (χ2v) is 9.78. The number of hydrogen-bond acceptors (Lipinski definition) is 6. The number of fused-ring (bicyclic) bond motifs is 1. The van der Waals surface area contributed by atoms with Crippen LogP contribution in [-0.4, -0.2) is 55.3 Å². The van der Waals surface area contributed by atoms with Gasteiger partial charge in [0.15, 0.2) is 11.5 Å². The van der Waals surface area contributed by atoms with Gasteiger partial charge in [0.25, 0.3) is 0 Å². The molecule has 2 aromatic carbocycles. The van der Waals surface area contributed by atoms with Gasteiger partial charge in [-0.05, 0) is 53.8 Å². The predicted molar refractivity (Wildman–Crippen MR) is 140 cm³/mol. The number of rotatable bonds is 11. The SMILES string of the molecule is COCCCN(CC(=O)N(Cc1ccc2c(c1)OCO2)Cc1cccs1)C(=O)Nc1ccc(F)c(Cl)c1. The van der Waals surface area contributed by atoms with E-state index in [0.29, 0.717) is 43.3 Å². The smallest absolute Gasteiger partial charge is 0.322 e. The Hall–Kier alpha value is -3.34. The van der Waals surface area contributed by atoms with Crippen LogP contribution in [0.15, 0.2) is 53.9 Å². The number of hydrogen-bond donors (Lipinski definition) is 1. The molecular formula is C26H27ClFN3O5S. The zero-order chi connectivity index (χ0) is 26.2. The summed E-state index contributed by atoms with van der Waals surface area (Å²) in [5.74, 6) is 0.497. The number of methoxy groups -OCH3 is 1. The first-order chi connectivity index (χ1) is 17.9. The van der Waals surface area contributed by atoms with Crippen LogP contribution in [0.2, 0.25) is 5.02 Å². The largest absolute Gasteiger partial charge is 0.454 e. The van der Waals surface area contributed by atoms with E-state index in [0.717, 1.165) is 10.4 Å². The molecule has 1 aliphatic rings. The van der Waals surface area contributed by atoms with Crippen LogP contribution in [0.3, 0.4) is 0 Å². The van der Waals surface area contributed by atoms with Crippen molar-refractivity contribution in [2.45, 2.75) is 19.5 Å². The van der Waals surface area contributed by atoms with Crippen molar-refractivity contribution in [2.24, 2.45) is 0 Å². The van der Waals surface area contributed by atoms with Crippen LogP contribution in [0.25, 0.3) is 0 Å². The van der Waals surface area contributed by atoms with Gasteiger partial charge in [-0.3, -0.25) is 4.79 Å². The Morgan fingerprint density at radius 3 is 2.70 bits per heavy atom. The molecule has 0 radical (unpaired) electrons. The number of halogens is 2. The second-order valence-electron chi connectivity index (χ2n) is 8.34. The fourth-order valence-electron chi connectivity index (χ4n) is 3.77. The molecule has 8 nitrogen and oxygen atoms in total. The number of thiophene rings is 1. The second kappa shape index (κ2) is 12.8. The maximum absolute atomic E-state index is 13.6. The summed E-state index contributed by atoms with van der Waals surface area (Å²) >= 11 is 7.41. The Morgan fingerprint density at radius 1 is 1.11 bits per heavy atom. The van der Waals surface area contributed by atoms with Gasteiger partial charge in [-0.2, -0.15) is 0 Å². The normalized spacial score (nSPS) is 11.9. The number of ether oxygens (including phenoxy) is 3. The Balaban J connectivity index is 1.50. The highest BCUT2D eigenvalue weighted by Gasteiger charge is 2.23. The summed E-state index contributed by atoms with van der Waals surface area (Å²) in [5.41, 5.74) is 1.21. The van der Waals surface area contributed by atoms with Crippen molar-refractivity contribution in [3.8, 4) is 11.5 Å². The minimum Gasteiger partial charge on any atom is -0.454 e. The summed E-state index contributed by atoms with van der Waals surface area (Å²) in [6.45, 7) is 1.45. The van der Waals surface area contributed by atoms with Crippen LogP contribution >= 0.6 is 22.9 Å². The quantitative estimate of drug-likeness (QED) is 0.327. The molecule has 0 bridgehead atoms. The average molecular weight is 548 g/mol. The molecule has 0 atom stereocenters. The molecule has 0 fully saturated rings. The van der Waals surface area contributed by atoms with Crippen LogP contribution in [0, 0.1) is 5.82 Å². The van der Waals surface area contributed by atoms with Crippen LogP contribution in [0.4, 0.5) is 14.9 Å². The van der Waals surface area contributed by atoms with Gasteiger partial charge < -0.3 is 29.3 Å². The lowest BCUT2D eigenvalue weighted by Gasteiger charge is -2.28. The third-order valence-electron chi connectivity index (χ3n) is 5.65. The van der Waals surface area contributed by atoms with E-state index in [1.54, 1.807) is 23.3 Å². The molecule has 2 heterocycles. The van der Waals surface area contributed by atoms with Crippen LogP contribution in [0.1, 0.15) is 16.9 Å². The van der Waals surface area contributed by atoms with Gasteiger partial charge in [0.2, 0.25) is 12.7 Å². The van der Waals surface area contributed by atoms with E-state index in [4.69, 9.17) is 25.8 Å². The highest BCUT2D eigenvalue weighted by Crippen LogP contribution is 2.33. The summed E-state index contributed by atoms with van der Waals surface area (Å²) in [4.78, 5) is 30.8. The van der Waals surface area contributed by atoms with E-state index in [1.807, 2.05) is 35.7 Å². The van der Waals surface area contributed by atoms with Crippen LogP contribution < -0.4 is 14.8 Å². The van der Waals surface area contributed by atoms with E-state index in [1.165, 1.54) is 23.1 Å². The molecule has 0 spiro atoms. The molecule has 37 heavy (non-hydrogen) atoms. The third-order valence-corrected chi connectivity index (χ3v) is 6.80. The molecule has 1 aromatic heterocycles. The third kappa shape index (κ3) is 7.34. The van der Waals surface area contributed by atoms with Crippen molar-refractivity contribution in [3.63, 3.8) is 0 Å². The van der Waals surface area contributed by atoms with E-state index < -0.39 is 11.8 Å². The highest BCUT2D eigenvalue weighted by molar-refractivity contribution is 7.09. The number of anilines is 1. The number of nitrogens with zero attached hydrogens (tertiary/aromatic N) is 2. The zero-order valence-electron chi connectivity index (χ0n) is 20.2. The van der Waals surface area contributed by atoms with E-state index in [-0.39, 0.29) is 30.8 Å². The zero-order valence-corrected chi connectivity index (χ0v) is 21.8. The van der Waals surface area contributed by atoms with Crippen molar-refractivity contribution < 1.29 is 28.2 Å². The Bertz CT molecular complexity index is 1230. The molecule has 0 saturated heterocycles. The number of nitrogens with one attached hydrogen (secondary N) is 1. The van der Waals surface area contributed by atoms with Crippen molar-refractivity contribution in [1.29, 1.82) is 0 Å². The van der Waals surface area contributed by atoms with Gasteiger partial charge >= 0.3 is 6.03 Å². The van der Waals surface area contributed by atoms with E-state index in [2.05, 4.69) is 5.32 Å². The summed E-state index contributed by atoms with van der Waals surface area (Å²) < 4.78 is 29.5. The molecule has 11 heteroatoms. The lowest BCUT2D eigenvalue weighted by Crippen LogP contribution is -2.44.